The maximum Gasteiger partial charge on any atom is 0.150 e. The Labute approximate surface area is 102 Å². The fourth-order valence-corrected chi connectivity index (χ4v) is 2.18. The Hall–Kier alpha value is -1.57. The molecule has 0 N–H and O–H groups in total. The van der Waals surface area contributed by atoms with Crippen LogP contribution in [0.2, 0.25) is 0 Å². The Morgan fingerprint density at radius 2 is 2.06 bits per heavy atom. The van der Waals surface area contributed by atoms with Gasteiger partial charge < -0.3 is 4.57 Å². The standard InChI is InChI=1S/C15H19NO/c1-2-3-4-5-9-16-10-8-14-7-6-13(12-17)11-15(14)16/h6-8,10-12H,2-5,9H2,1H3. The van der Waals surface area contributed by atoms with E-state index in [1.165, 1.54) is 36.6 Å². The predicted octanol–water partition coefficient (Wildman–Crippen LogP) is 4.03. The van der Waals surface area contributed by atoms with Gasteiger partial charge in [0.1, 0.15) is 6.29 Å². The molecule has 17 heavy (non-hydrogen) atoms. The largest absolute Gasteiger partial charge is 0.347 e. The van der Waals surface area contributed by atoms with Crippen molar-refractivity contribution in [2.45, 2.75) is 39.2 Å². The molecule has 90 valence electrons. The van der Waals surface area contributed by atoms with Crippen LogP contribution in [-0.4, -0.2) is 10.9 Å². The zero-order valence-electron chi connectivity index (χ0n) is 10.4. The van der Waals surface area contributed by atoms with Crippen LogP contribution in [0.4, 0.5) is 0 Å². The second-order valence-electron chi connectivity index (χ2n) is 4.51. The van der Waals surface area contributed by atoms with Crippen molar-refractivity contribution in [1.29, 1.82) is 0 Å². The van der Waals surface area contributed by atoms with Gasteiger partial charge in [-0.2, -0.15) is 0 Å². The van der Waals surface area contributed by atoms with Gasteiger partial charge >= 0.3 is 0 Å². The molecule has 1 heterocycles. The lowest BCUT2D eigenvalue weighted by molar-refractivity contribution is 0.112. The molecule has 1 aromatic carbocycles. The van der Waals surface area contributed by atoms with E-state index in [1.807, 2.05) is 18.2 Å². The summed E-state index contributed by atoms with van der Waals surface area (Å²) in [7, 11) is 0. The fraction of sp³-hybridized carbons (Fsp3) is 0.400. The normalized spacial score (nSPS) is 10.9. The molecular weight excluding hydrogens is 210 g/mol. The molecule has 0 spiro atoms. The van der Waals surface area contributed by atoms with E-state index in [1.54, 1.807) is 0 Å². The summed E-state index contributed by atoms with van der Waals surface area (Å²) in [5.74, 6) is 0. The topological polar surface area (TPSA) is 22.0 Å². The number of rotatable bonds is 6. The highest BCUT2D eigenvalue weighted by molar-refractivity contribution is 5.87. The molecule has 2 nitrogen and oxygen atoms in total. The summed E-state index contributed by atoms with van der Waals surface area (Å²) in [5, 5.41) is 1.21. The average Bonchev–Trinajstić information content (AvgIpc) is 2.77. The van der Waals surface area contributed by atoms with Crippen LogP contribution in [0.25, 0.3) is 10.9 Å². The molecular formula is C15H19NO. The number of fused-ring (bicyclic) bond motifs is 1. The molecule has 0 saturated heterocycles. The van der Waals surface area contributed by atoms with E-state index in [0.29, 0.717) is 0 Å². The second-order valence-corrected chi connectivity index (χ2v) is 4.51. The minimum absolute atomic E-state index is 0.756. The van der Waals surface area contributed by atoms with Crippen LogP contribution in [0, 0.1) is 0 Å². The third kappa shape index (κ3) is 2.76. The molecule has 0 aliphatic heterocycles. The highest BCUT2D eigenvalue weighted by Crippen LogP contribution is 2.18. The molecule has 0 unspecified atom stereocenters. The van der Waals surface area contributed by atoms with E-state index in [2.05, 4.69) is 23.8 Å². The van der Waals surface area contributed by atoms with Crippen molar-refractivity contribution in [3.05, 3.63) is 36.0 Å². The third-order valence-electron chi connectivity index (χ3n) is 3.19. The number of hydrogen-bond acceptors (Lipinski definition) is 1. The van der Waals surface area contributed by atoms with Crippen LogP contribution in [0.5, 0.6) is 0 Å². The van der Waals surface area contributed by atoms with E-state index in [-0.39, 0.29) is 0 Å². The first-order valence-electron chi connectivity index (χ1n) is 6.39. The molecule has 0 atom stereocenters. The maximum atomic E-state index is 10.8. The van der Waals surface area contributed by atoms with Gasteiger partial charge in [-0.25, -0.2) is 0 Å². The van der Waals surface area contributed by atoms with E-state index in [0.717, 1.165) is 18.4 Å². The van der Waals surface area contributed by atoms with Crippen LogP contribution in [0.15, 0.2) is 30.5 Å². The van der Waals surface area contributed by atoms with Gasteiger partial charge in [0.15, 0.2) is 0 Å². The highest BCUT2D eigenvalue weighted by atomic mass is 16.1. The molecule has 0 aliphatic carbocycles. The van der Waals surface area contributed by atoms with Crippen molar-refractivity contribution in [1.82, 2.24) is 4.57 Å². The Bertz CT molecular complexity index is 499. The summed E-state index contributed by atoms with van der Waals surface area (Å²) in [5.41, 5.74) is 1.93. The number of unbranched alkanes of at least 4 members (excludes halogenated alkanes) is 3. The van der Waals surface area contributed by atoms with Crippen molar-refractivity contribution in [3.8, 4) is 0 Å². The lowest BCUT2D eigenvalue weighted by atomic mass is 10.2. The van der Waals surface area contributed by atoms with Crippen molar-refractivity contribution >= 4 is 17.2 Å². The van der Waals surface area contributed by atoms with E-state index < -0.39 is 0 Å². The molecule has 2 rings (SSSR count). The first-order valence-corrected chi connectivity index (χ1v) is 6.39. The molecule has 0 radical (unpaired) electrons. The SMILES string of the molecule is CCCCCCn1ccc2ccc(C=O)cc21. The number of aldehydes is 1. The smallest absolute Gasteiger partial charge is 0.150 e. The minimum atomic E-state index is 0.756. The Morgan fingerprint density at radius 3 is 2.82 bits per heavy atom. The number of aromatic nitrogens is 1. The predicted molar refractivity (Wildman–Crippen MR) is 71.5 cm³/mol. The first kappa shape index (κ1) is 11.9. The summed E-state index contributed by atoms with van der Waals surface area (Å²) in [6, 6.07) is 7.98. The van der Waals surface area contributed by atoms with Crippen molar-refractivity contribution in [2.75, 3.05) is 0 Å². The van der Waals surface area contributed by atoms with Gasteiger partial charge in [0.2, 0.25) is 0 Å². The van der Waals surface area contributed by atoms with Crippen LogP contribution in [-0.2, 0) is 6.54 Å². The van der Waals surface area contributed by atoms with Gasteiger partial charge in [-0.05, 0) is 23.9 Å². The van der Waals surface area contributed by atoms with Gasteiger partial charge in [0, 0.05) is 23.8 Å². The minimum Gasteiger partial charge on any atom is -0.347 e. The molecule has 2 heteroatoms. The van der Waals surface area contributed by atoms with E-state index in [4.69, 9.17) is 0 Å². The number of aryl methyl sites for hydroxylation is 1. The molecule has 2 aromatic rings. The Kier molecular flexibility index (Phi) is 3.97. The van der Waals surface area contributed by atoms with Crippen molar-refractivity contribution in [3.63, 3.8) is 0 Å². The molecule has 0 fully saturated rings. The monoisotopic (exact) mass is 229 g/mol. The first-order chi connectivity index (χ1) is 8.35. The quantitative estimate of drug-likeness (QED) is 0.541. The number of benzene rings is 1. The van der Waals surface area contributed by atoms with Crippen LogP contribution >= 0.6 is 0 Å². The molecule has 0 aliphatic rings. The van der Waals surface area contributed by atoms with Crippen LogP contribution in [0.3, 0.4) is 0 Å². The van der Waals surface area contributed by atoms with Gasteiger partial charge in [0.05, 0.1) is 0 Å². The Balaban J connectivity index is 2.13. The number of nitrogens with zero attached hydrogens (tertiary/aromatic N) is 1. The lowest BCUT2D eigenvalue weighted by Crippen LogP contribution is -1.96. The summed E-state index contributed by atoms with van der Waals surface area (Å²) in [6.07, 6.45) is 8.09. The third-order valence-corrected chi connectivity index (χ3v) is 3.19. The second kappa shape index (κ2) is 5.67. The van der Waals surface area contributed by atoms with Gasteiger partial charge in [-0.3, -0.25) is 4.79 Å². The maximum absolute atomic E-state index is 10.8. The van der Waals surface area contributed by atoms with Gasteiger partial charge in [0.25, 0.3) is 0 Å². The van der Waals surface area contributed by atoms with Crippen molar-refractivity contribution < 1.29 is 4.79 Å². The molecule has 0 amide bonds. The van der Waals surface area contributed by atoms with E-state index >= 15 is 0 Å². The van der Waals surface area contributed by atoms with Gasteiger partial charge in [-0.1, -0.05) is 38.3 Å². The van der Waals surface area contributed by atoms with E-state index in [9.17, 15) is 4.79 Å². The number of carbonyl (C=O) groups is 1. The Morgan fingerprint density at radius 1 is 1.18 bits per heavy atom. The summed E-state index contributed by atoms with van der Waals surface area (Å²) >= 11 is 0. The molecule has 0 saturated carbocycles. The average molecular weight is 229 g/mol. The van der Waals surface area contributed by atoms with Crippen molar-refractivity contribution in [2.24, 2.45) is 0 Å². The zero-order chi connectivity index (χ0) is 12.1. The number of carbonyl (C=O) groups excluding carboxylic acids is 1. The van der Waals surface area contributed by atoms with Crippen LogP contribution in [0.1, 0.15) is 43.0 Å². The lowest BCUT2D eigenvalue weighted by Gasteiger charge is -2.05. The summed E-state index contributed by atoms with van der Waals surface area (Å²) in [4.78, 5) is 10.8. The fourth-order valence-electron chi connectivity index (χ4n) is 2.18. The highest BCUT2D eigenvalue weighted by Gasteiger charge is 2.01. The van der Waals surface area contributed by atoms with Crippen LogP contribution < -0.4 is 0 Å². The summed E-state index contributed by atoms with van der Waals surface area (Å²) in [6.45, 7) is 3.27. The zero-order valence-corrected chi connectivity index (χ0v) is 10.4. The molecule has 0 bridgehead atoms. The molecule has 1 aromatic heterocycles. The van der Waals surface area contributed by atoms with Gasteiger partial charge in [-0.15, -0.1) is 0 Å². The number of hydrogen-bond donors (Lipinski definition) is 0. The summed E-state index contributed by atoms with van der Waals surface area (Å²) < 4.78 is 2.25.